The molecule has 0 amide bonds. The van der Waals surface area contributed by atoms with Gasteiger partial charge in [-0.2, -0.15) is 0 Å². The maximum absolute atomic E-state index is 9.99. The molecule has 0 unspecified atom stereocenters. The van der Waals surface area contributed by atoms with E-state index >= 15 is 0 Å². The van der Waals surface area contributed by atoms with Crippen LogP contribution < -0.4 is 15.3 Å². The molecule has 0 saturated heterocycles. The normalized spacial score (nSPS) is 9.21. The number of carboxylic acid groups (broad SMARTS) is 3. The molecule has 0 aliphatic carbocycles. The van der Waals surface area contributed by atoms with Crippen LogP contribution in [0.25, 0.3) is 0 Å². The predicted molar refractivity (Wildman–Crippen MR) is 31.5 cm³/mol. The number of carboxylic acids is 3. The predicted octanol–water partition coefficient (Wildman–Crippen LogP) is -5.46. The summed E-state index contributed by atoms with van der Waals surface area (Å²) >= 11 is 0. The van der Waals surface area contributed by atoms with Crippen LogP contribution in [-0.4, -0.2) is 42.4 Å². The second-order valence-corrected chi connectivity index (χ2v) is 2.26. The van der Waals surface area contributed by atoms with Crippen LogP contribution in [-0.2, 0) is 31.5 Å². The fraction of sp³-hybridized carbons (Fsp3) is 0.500. The molecule has 0 spiro atoms. The van der Waals surface area contributed by atoms with E-state index in [1.807, 2.05) is 0 Å². The van der Waals surface area contributed by atoms with Gasteiger partial charge < -0.3 is 29.7 Å². The van der Waals surface area contributed by atoms with Crippen LogP contribution >= 0.6 is 0 Å². The smallest absolute Gasteiger partial charge is 0.0555 e. The fourth-order valence-electron chi connectivity index (χ4n) is 0.715. The number of carbonyl (C=O) groups excluding carboxylic acids is 3. The van der Waals surface area contributed by atoms with Gasteiger partial charge >= 0.3 is 0 Å². The first-order chi connectivity index (χ1) is 5.91. The zero-order chi connectivity index (χ0) is 10.4. The molecule has 0 bridgehead atoms. The van der Waals surface area contributed by atoms with Gasteiger partial charge in [-0.3, -0.25) is 4.90 Å². The Labute approximate surface area is 89.8 Å². The Hall–Kier alpha value is -1.11. The van der Waals surface area contributed by atoms with Crippen LogP contribution in [0.1, 0.15) is 0 Å². The summed E-state index contributed by atoms with van der Waals surface area (Å²) < 4.78 is 0. The molecule has 8 heteroatoms. The van der Waals surface area contributed by atoms with E-state index in [1.54, 1.807) is 0 Å². The summed E-state index contributed by atoms with van der Waals surface area (Å²) in [6.45, 7) is -2.37. The van der Waals surface area contributed by atoms with E-state index in [0.717, 1.165) is 0 Å². The van der Waals surface area contributed by atoms with Crippen molar-refractivity contribution >= 4 is 17.9 Å². The molecule has 7 nitrogen and oxygen atoms in total. The monoisotopic (exact) mass is 251 g/mol. The first-order valence-corrected chi connectivity index (χ1v) is 3.23. The summed E-state index contributed by atoms with van der Waals surface area (Å²) in [5.41, 5.74) is 0. The molecule has 0 heterocycles. The molecule has 1 radical (unpaired) electrons. The average molecular weight is 252 g/mol. The topological polar surface area (TPSA) is 124 Å². The van der Waals surface area contributed by atoms with Gasteiger partial charge in [0.1, 0.15) is 0 Å². The van der Waals surface area contributed by atoms with Gasteiger partial charge in [0.05, 0.1) is 17.9 Å². The van der Waals surface area contributed by atoms with Crippen molar-refractivity contribution in [1.82, 2.24) is 4.90 Å². The molecule has 0 aromatic heterocycles. The summed E-state index contributed by atoms with van der Waals surface area (Å²) in [7, 11) is 0. The molecule has 0 fully saturated rings. The van der Waals surface area contributed by atoms with Crippen LogP contribution in [0.15, 0.2) is 0 Å². The van der Waals surface area contributed by atoms with E-state index < -0.39 is 37.5 Å². The SMILES string of the molecule is O=C([O-])CN(CC(=O)[O-])CC(=O)[O-].[Cu]. The van der Waals surface area contributed by atoms with Crippen molar-refractivity contribution in [3.8, 4) is 0 Å². The third kappa shape index (κ3) is 8.98. The summed E-state index contributed by atoms with van der Waals surface area (Å²) in [6.07, 6.45) is 0. The number of rotatable bonds is 6. The molecule has 0 aromatic rings. The van der Waals surface area contributed by atoms with Crippen molar-refractivity contribution in [2.75, 3.05) is 19.6 Å². The van der Waals surface area contributed by atoms with Crippen LogP contribution in [0.4, 0.5) is 0 Å². The van der Waals surface area contributed by atoms with Gasteiger partial charge in [0.15, 0.2) is 0 Å². The Morgan fingerprint density at radius 1 is 0.786 bits per heavy atom. The minimum Gasteiger partial charge on any atom is -0.549 e. The van der Waals surface area contributed by atoms with Crippen molar-refractivity contribution in [2.24, 2.45) is 0 Å². The van der Waals surface area contributed by atoms with Crippen molar-refractivity contribution in [3.05, 3.63) is 0 Å². The third-order valence-electron chi connectivity index (χ3n) is 1.06. The fourth-order valence-corrected chi connectivity index (χ4v) is 0.715. The first-order valence-electron chi connectivity index (χ1n) is 3.23. The Balaban J connectivity index is 0. The molecule has 14 heavy (non-hydrogen) atoms. The molecule has 0 saturated carbocycles. The molecular weight excluding hydrogens is 246 g/mol. The van der Waals surface area contributed by atoms with Gasteiger partial charge in [-0.15, -0.1) is 0 Å². The van der Waals surface area contributed by atoms with E-state index in [-0.39, 0.29) is 17.1 Å². The van der Waals surface area contributed by atoms with E-state index in [9.17, 15) is 29.7 Å². The zero-order valence-corrected chi connectivity index (χ0v) is 7.76. The number of carbonyl (C=O) groups is 3. The first kappa shape index (κ1) is 15.4. The molecule has 0 N–H and O–H groups in total. The van der Waals surface area contributed by atoms with Crippen molar-refractivity contribution in [1.29, 1.82) is 0 Å². The summed E-state index contributed by atoms with van der Waals surface area (Å²) in [5, 5.41) is 30.0. The largest absolute Gasteiger partial charge is 0.549 e. The number of nitrogens with zero attached hydrogens (tertiary/aromatic N) is 1. The van der Waals surface area contributed by atoms with Crippen molar-refractivity contribution in [3.63, 3.8) is 0 Å². The molecule has 85 valence electrons. The van der Waals surface area contributed by atoms with Gasteiger partial charge in [0.2, 0.25) is 0 Å². The third-order valence-corrected chi connectivity index (χ3v) is 1.06. The van der Waals surface area contributed by atoms with Crippen LogP contribution in [0, 0.1) is 0 Å². The standard InChI is InChI=1S/C6H9NO6.Cu/c8-4(9)1-7(2-5(10)11)3-6(12)13;/h1-3H2,(H,8,9)(H,10,11)(H,12,13);/p-3. The summed E-state index contributed by atoms with van der Waals surface area (Å²) in [5.74, 6) is -4.70. The number of hydrogen-bond acceptors (Lipinski definition) is 7. The Kier molecular flexibility index (Phi) is 8.02. The van der Waals surface area contributed by atoms with Gasteiger partial charge in [-0.1, -0.05) is 0 Å². The Morgan fingerprint density at radius 3 is 1.14 bits per heavy atom. The van der Waals surface area contributed by atoms with Gasteiger partial charge in [-0.05, 0) is 0 Å². The molecule has 0 aliphatic rings. The molecule has 0 aliphatic heterocycles. The average Bonchev–Trinajstić information content (AvgIpc) is 1.80. The van der Waals surface area contributed by atoms with Crippen molar-refractivity contribution < 1.29 is 46.8 Å². The molecule has 0 atom stereocenters. The van der Waals surface area contributed by atoms with E-state index in [1.165, 1.54) is 0 Å². The van der Waals surface area contributed by atoms with E-state index in [4.69, 9.17) is 0 Å². The van der Waals surface area contributed by atoms with Crippen molar-refractivity contribution in [2.45, 2.75) is 0 Å². The van der Waals surface area contributed by atoms with Crippen LogP contribution in [0.2, 0.25) is 0 Å². The maximum atomic E-state index is 9.99. The second-order valence-electron chi connectivity index (χ2n) is 2.26. The summed E-state index contributed by atoms with van der Waals surface area (Å²) in [4.78, 5) is 30.6. The van der Waals surface area contributed by atoms with Gasteiger partial charge in [0.25, 0.3) is 0 Å². The van der Waals surface area contributed by atoms with E-state index in [0.29, 0.717) is 4.90 Å². The molecule has 0 aromatic carbocycles. The van der Waals surface area contributed by atoms with Gasteiger partial charge in [0, 0.05) is 36.7 Å². The zero-order valence-electron chi connectivity index (χ0n) is 6.82. The molecular formula is C6H6CuNO6-3. The Bertz CT molecular complexity index is 192. The maximum Gasteiger partial charge on any atom is 0.0555 e. The molecule has 0 rings (SSSR count). The second kappa shape index (κ2) is 7.31. The summed E-state index contributed by atoms with van der Waals surface area (Å²) in [6, 6.07) is 0. The minimum absolute atomic E-state index is 0. The quantitative estimate of drug-likeness (QED) is 0.431. The van der Waals surface area contributed by atoms with Crippen LogP contribution in [0.5, 0.6) is 0 Å². The minimum atomic E-state index is -1.57. The van der Waals surface area contributed by atoms with Gasteiger partial charge in [-0.25, -0.2) is 0 Å². The number of hydrogen-bond donors (Lipinski definition) is 0. The Morgan fingerprint density at radius 2 is 1.00 bits per heavy atom. The van der Waals surface area contributed by atoms with E-state index in [2.05, 4.69) is 0 Å². The van der Waals surface area contributed by atoms with Crippen LogP contribution in [0.3, 0.4) is 0 Å². The number of aliphatic carboxylic acids is 3.